The lowest BCUT2D eigenvalue weighted by Gasteiger charge is -2.33. The van der Waals surface area contributed by atoms with Crippen LogP contribution in [0.4, 0.5) is 4.39 Å². The minimum absolute atomic E-state index is 0.0266. The minimum atomic E-state index is -0.0266. The largest absolute Gasteiger partial charge is 0.385 e. The monoisotopic (exact) mass is 359 g/mol. The third-order valence-corrected chi connectivity index (χ3v) is 6.08. The number of unbranched alkanes of at least 4 members (excludes halogenated alkanes) is 1. The van der Waals surface area contributed by atoms with Gasteiger partial charge in [0.2, 0.25) is 0 Å². The van der Waals surface area contributed by atoms with E-state index in [1.165, 1.54) is 36.8 Å². The number of allylic oxidation sites excluding steroid dienone is 2. The Hall–Kier alpha value is -1.19. The molecule has 2 atom stereocenters. The molecule has 2 aliphatic rings. The normalized spacial score (nSPS) is 22.1. The van der Waals surface area contributed by atoms with Crippen molar-refractivity contribution in [2.75, 3.05) is 26.8 Å². The van der Waals surface area contributed by atoms with Crippen LogP contribution in [0.1, 0.15) is 74.8 Å². The van der Waals surface area contributed by atoms with E-state index >= 15 is 0 Å². The quantitative estimate of drug-likeness (QED) is 0.603. The molecule has 1 fully saturated rings. The SMILES string of the molecule is COCCCC[C@H](c1cccc(F)c1C1=CCCCC1)[C@H]1CCCNC1. The van der Waals surface area contributed by atoms with E-state index in [4.69, 9.17) is 4.74 Å². The number of ether oxygens (including phenoxy) is 1. The Morgan fingerprint density at radius 1 is 1.23 bits per heavy atom. The highest BCUT2D eigenvalue weighted by atomic mass is 19.1. The lowest BCUT2D eigenvalue weighted by molar-refractivity contribution is 0.189. The van der Waals surface area contributed by atoms with E-state index in [0.717, 1.165) is 57.4 Å². The van der Waals surface area contributed by atoms with Crippen LogP contribution in [0.5, 0.6) is 0 Å². The third-order valence-electron chi connectivity index (χ3n) is 6.08. The van der Waals surface area contributed by atoms with Gasteiger partial charge in [-0.1, -0.05) is 24.6 Å². The maximum absolute atomic E-state index is 14.9. The highest BCUT2D eigenvalue weighted by molar-refractivity contribution is 5.70. The molecular formula is C23H34FNO. The molecule has 1 aromatic carbocycles. The van der Waals surface area contributed by atoms with Gasteiger partial charge in [-0.2, -0.15) is 0 Å². The van der Waals surface area contributed by atoms with Crippen LogP contribution in [-0.2, 0) is 4.74 Å². The maximum atomic E-state index is 14.9. The van der Waals surface area contributed by atoms with E-state index in [1.807, 2.05) is 6.07 Å². The number of nitrogens with one attached hydrogen (secondary N) is 1. The van der Waals surface area contributed by atoms with Gasteiger partial charge in [-0.25, -0.2) is 4.39 Å². The first kappa shape index (κ1) is 19.6. The Bertz CT molecular complexity index is 592. The summed E-state index contributed by atoms with van der Waals surface area (Å²) in [5.41, 5.74) is 3.42. The lowest BCUT2D eigenvalue weighted by Crippen LogP contribution is -2.33. The fraction of sp³-hybridized carbons (Fsp3) is 0.652. The molecule has 144 valence electrons. The fourth-order valence-corrected chi connectivity index (χ4v) is 4.73. The molecule has 0 spiro atoms. The van der Waals surface area contributed by atoms with Crippen molar-refractivity contribution in [1.29, 1.82) is 0 Å². The molecule has 1 N–H and O–H groups in total. The molecule has 0 aromatic heterocycles. The predicted octanol–water partition coefficient (Wildman–Crippen LogP) is 5.68. The zero-order valence-corrected chi connectivity index (χ0v) is 16.2. The van der Waals surface area contributed by atoms with Crippen molar-refractivity contribution in [2.24, 2.45) is 5.92 Å². The second kappa shape index (κ2) is 10.2. The van der Waals surface area contributed by atoms with Crippen molar-refractivity contribution in [1.82, 2.24) is 5.32 Å². The first-order valence-corrected chi connectivity index (χ1v) is 10.5. The average Bonchev–Trinajstić information content (AvgIpc) is 2.69. The number of benzene rings is 1. The molecule has 1 aromatic rings. The van der Waals surface area contributed by atoms with E-state index in [2.05, 4.69) is 17.5 Å². The number of halogens is 1. The number of methoxy groups -OCH3 is 1. The summed E-state index contributed by atoms with van der Waals surface area (Å²) in [6.07, 6.45) is 12.6. The van der Waals surface area contributed by atoms with Gasteiger partial charge in [0.05, 0.1) is 0 Å². The van der Waals surface area contributed by atoms with Crippen molar-refractivity contribution in [3.05, 3.63) is 41.2 Å². The molecule has 1 aliphatic carbocycles. The van der Waals surface area contributed by atoms with Gasteiger partial charge in [-0.3, -0.25) is 0 Å². The fourth-order valence-electron chi connectivity index (χ4n) is 4.73. The first-order chi connectivity index (χ1) is 12.8. The zero-order valence-electron chi connectivity index (χ0n) is 16.2. The van der Waals surface area contributed by atoms with Crippen LogP contribution in [0.3, 0.4) is 0 Å². The van der Waals surface area contributed by atoms with Gasteiger partial charge in [0, 0.05) is 19.3 Å². The van der Waals surface area contributed by atoms with Crippen LogP contribution in [-0.4, -0.2) is 26.8 Å². The summed E-state index contributed by atoms with van der Waals surface area (Å²) in [7, 11) is 1.77. The van der Waals surface area contributed by atoms with Crippen LogP contribution in [0.15, 0.2) is 24.3 Å². The zero-order chi connectivity index (χ0) is 18.2. The van der Waals surface area contributed by atoms with Gasteiger partial charge in [0.15, 0.2) is 0 Å². The topological polar surface area (TPSA) is 21.3 Å². The van der Waals surface area contributed by atoms with Gasteiger partial charge in [-0.15, -0.1) is 0 Å². The van der Waals surface area contributed by atoms with Crippen LogP contribution >= 0.6 is 0 Å². The minimum Gasteiger partial charge on any atom is -0.385 e. The summed E-state index contributed by atoms with van der Waals surface area (Å²) >= 11 is 0. The second-order valence-electron chi connectivity index (χ2n) is 7.88. The van der Waals surface area contributed by atoms with E-state index < -0.39 is 0 Å². The molecule has 3 rings (SSSR count). The van der Waals surface area contributed by atoms with Crippen LogP contribution in [0.2, 0.25) is 0 Å². The van der Waals surface area contributed by atoms with Gasteiger partial charge in [-0.05, 0) is 93.5 Å². The standard InChI is InChI=1S/C23H34FNO/c1-26-16-6-5-12-20(19-11-8-15-25-17-19)21-13-7-14-22(24)23(21)18-9-3-2-4-10-18/h7,9,13-14,19-20,25H,2-6,8,10-12,15-17H2,1H3/t19-,20-/m0/s1. The van der Waals surface area contributed by atoms with Gasteiger partial charge in [0.25, 0.3) is 0 Å². The average molecular weight is 360 g/mol. The van der Waals surface area contributed by atoms with Crippen molar-refractivity contribution in [3.63, 3.8) is 0 Å². The summed E-state index contributed by atoms with van der Waals surface area (Å²) in [6.45, 7) is 2.99. The number of rotatable bonds is 8. The van der Waals surface area contributed by atoms with E-state index in [1.54, 1.807) is 13.2 Å². The molecule has 0 saturated carbocycles. The Kier molecular flexibility index (Phi) is 7.69. The molecule has 1 saturated heterocycles. The Labute approximate surface area is 158 Å². The van der Waals surface area contributed by atoms with E-state index in [-0.39, 0.29) is 5.82 Å². The van der Waals surface area contributed by atoms with Gasteiger partial charge >= 0.3 is 0 Å². The smallest absolute Gasteiger partial charge is 0.130 e. The van der Waals surface area contributed by atoms with E-state index in [9.17, 15) is 4.39 Å². The molecule has 1 heterocycles. The maximum Gasteiger partial charge on any atom is 0.130 e. The second-order valence-corrected chi connectivity index (χ2v) is 7.88. The van der Waals surface area contributed by atoms with E-state index in [0.29, 0.717) is 11.8 Å². The molecular weight excluding hydrogens is 325 g/mol. The molecule has 2 nitrogen and oxygen atoms in total. The number of piperidine rings is 1. The highest BCUT2D eigenvalue weighted by Gasteiger charge is 2.28. The molecule has 3 heteroatoms. The summed E-state index contributed by atoms with van der Waals surface area (Å²) < 4.78 is 20.2. The number of hydrogen-bond donors (Lipinski definition) is 1. The molecule has 0 radical (unpaired) electrons. The molecule has 0 amide bonds. The van der Waals surface area contributed by atoms with Gasteiger partial charge < -0.3 is 10.1 Å². The van der Waals surface area contributed by atoms with Crippen molar-refractivity contribution >= 4 is 5.57 Å². The Morgan fingerprint density at radius 3 is 2.88 bits per heavy atom. The molecule has 0 unspecified atom stereocenters. The summed E-state index contributed by atoms with van der Waals surface area (Å²) in [4.78, 5) is 0. The molecule has 1 aliphatic heterocycles. The molecule has 0 bridgehead atoms. The van der Waals surface area contributed by atoms with Gasteiger partial charge in [0.1, 0.15) is 5.82 Å². The summed E-state index contributed by atoms with van der Waals surface area (Å²) in [5, 5.41) is 3.57. The Balaban J connectivity index is 1.89. The third kappa shape index (κ3) is 4.95. The van der Waals surface area contributed by atoms with Crippen LogP contribution in [0, 0.1) is 11.7 Å². The van der Waals surface area contributed by atoms with Crippen molar-refractivity contribution in [2.45, 2.75) is 63.7 Å². The van der Waals surface area contributed by atoms with Crippen LogP contribution < -0.4 is 5.32 Å². The summed E-state index contributed by atoms with van der Waals surface area (Å²) in [6, 6.07) is 5.76. The first-order valence-electron chi connectivity index (χ1n) is 10.5. The predicted molar refractivity (Wildman–Crippen MR) is 107 cm³/mol. The van der Waals surface area contributed by atoms with Crippen LogP contribution in [0.25, 0.3) is 5.57 Å². The van der Waals surface area contributed by atoms with Crippen molar-refractivity contribution < 1.29 is 9.13 Å². The molecule has 26 heavy (non-hydrogen) atoms. The number of hydrogen-bond acceptors (Lipinski definition) is 2. The van der Waals surface area contributed by atoms with Crippen molar-refractivity contribution in [3.8, 4) is 0 Å². The summed E-state index contributed by atoms with van der Waals surface area (Å²) in [5.74, 6) is 1.02. The highest BCUT2D eigenvalue weighted by Crippen LogP contribution is 2.40. The lowest BCUT2D eigenvalue weighted by atomic mass is 9.75. The Morgan fingerprint density at radius 2 is 2.15 bits per heavy atom.